The highest BCUT2D eigenvalue weighted by Crippen LogP contribution is 2.20. The molecule has 0 radical (unpaired) electrons. The molecule has 1 heterocycles. The first-order chi connectivity index (χ1) is 11.9. The molecule has 1 aromatic carbocycles. The lowest BCUT2D eigenvalue weighted by Crippen LogP contribution is -2.46. The topological polar surface area (TPSA) is 110 Å². The van der Waals surface area contributed by atoms with Crippen LogP contribution in [0.15, 0.2) is 36.5 Å². The molecule has 0 spiro atoms. The zero-order chi connectivity index (χ0) is 18.4. The van der Waals surface area contributed by atoms with Gasteiger partial charge in [-0.3, -0.25) is 9.59 Å². The maximum atomic E-state index is 12.0. The van der Waals surface area contributed by atoms with E-state index in [2.05, 4.69) is 20.6 Å². The van der Waals surface area contributed by atoms with E-state index in [1.54, 1.807) is 12.3 Å². The molecule has 2 amide bonds. The predicted molar refractivity (Wildman–Crippen MR) is 104 cm³/mol. The quantitative estimate of drug-likeness (QED) is 0.712. The van der Waals surface area contributed by atoms with E-state index in [0.29, 0.717) is 11.5 Å². The van der Waals surface area contributed by atoms with Gasteiger partial charge in [0.2, 0.25) is 11.8 Å². The third kappa shape index (κ3) is 6.09. The first-order valence-electron chi connectivity index (χ1n) is 8.10. The summed E-state index contributed by atoms with van der Waals surface area (Å²) in [6.45, 7) is 5.39. The molecule has 2 aromatic rings. The lowest BCUT2D eigenvalue weighted by molar-refractivity contribution is -0.125. The summed E-state index contributed by atoms with van der Waals surface area (Å²) in [7, 11) is 0. The Morgan fingerprint density at radius 3 is 2.62 bits per heavy atom. The number of aryl methyl sites for hydroxylation is 1. The van der Waals surface area contributed by atoms with Crippen molar-refractivity contribution < 1.29 is 9.59 Å². The molecule has 4 N–H and O–H groups in total. The van der Waals surface area contributed by atoms with Gasteiger partial charge in [-0.05, 0) is 31.0 Å². The number of nitrogens with one attached hydrogen (secondary N) is 2. The predicted octanol–water partition coefficient (Wildman–Crippen LogP) is 1.91. The zero-order valence-corrected chi connectivity index (χ0v) is 15.8. The summed E-state index contributed by atoms with van der Waals surface area (Å²) in [6, 6.07) is 8.51. The fraction of sp³-hybridized carbons (Fsp3) is 0.333. The monoisotopic (exact) mass is 377 g/mol. The molecule has 0 unspecified atom stereocenters. The molecule has 0 aliphatic carbocycles. The van der Waals surface area contributed by atoms with Gasteiger partial charge in [0.15, 0.2) is 0 Å². The van der Waals surface area contributed by atoms with Gasteiger partial charge in [0.05, 0.1) is 18.3 Å². The van der Waals surface area contributed by atoms with Gasteiger partial charge in [-0.15, -0.1) is 12.4 Å². The Morgan fingerprint density at radius 2 is 1.96 bits per heavy atom. The molecule has 1 aromatic heterocycles. The fourth-order valence-corrected chi connectivity index (χ4v) is 2.17. The maximum absolute atomic E-state index is 12.0. The number of benzene rings is 1. The minimum atomic E-state index is -0.628. The van der Waals surface area contributed by atoms with Crippen LogP contribution >= 0.6 is 12.4 Å². The highest BCUT2D eigenvalue weighted by molar-refractivity contribution is 5.95. The van der Waals surface area contributed by atoms with E-state index < -0.39 is 6.04 Å². The van der Waals surface area contributed by atoms with Crippen LogP contribution in [0.2, 0.25) is 0 Å². The molecular formula is C18H24ClN5O2. The molecule has 26 heavy (non-hydrogen) atoms. The van der Waals surface area contributed by atoms with E-state index in [9.17, 15) is 9.59 Å². The van der Waals surface area contributed by atoms with Gasteiger partial charge in [0.25, 0.3) is 0 Å². The average Bonchev–Trinajstić information content (AvgIpc) is 2.59. The standard InChI is InChI=1S/C18H23N5O2.ClH/c1-11(2)17(19)18(25)21-10-16(24)23-14-6-4-5-13(9-14)15-7-8-20-12(3)22-15;/h4-9,11,17H,10,19H2,1-3H3,(H,21,25)(H,23,24);1H/t17-;/m0./s1. The molecule has 0 bridgehead atoms. The number of halogens is 1. The third-order valence-electron chi connectivity index (χ3n) is 3.66. The van der Waals surface area contributed by atoms with E-state index in [0.717, 1.165) is 11.3 Å². The van der Waals surface area contributed by atoms with Crippen molar-refractivity contribution in [3.05, 3.63) is 42.4 Å². The number of carbonyl (C=O) groups is 2. The van der Waals surface area contributed by atoms with Gasteiger partial charge in [0, 0.05) is 17.4 Å². The number of rotatable bonds is 6. The Hall–Kier alpha value is -2.51. The fourth-order valence-electron chi connectivity index (χ4n) is 2.17. The molecule has 0 fully saturated rings. The Balaban J connectivity index is 0.00000338. The van der Waals surface area contributed by atoms with Gasteiger partial charge in [-0.1, -0.05) is 26.0 Å². The second kappa shape index (κ2) is 9.84. The molecule has 0 saturated carbocycles. The second-order valence-corrected chi connectivity index (χ2v) is 6.11. The molecule has 0 aliphatic heterocycles. The van der Waals surface area contributed by atoms with Gasteiger partial charge in [-0.2, -0.15) is 0 Å². The smallest absolute Gasteiger partial charge is 0.243 e. The number of aromatic nitrogens is 2. The highest BCUT2D eigenvalue weighted by atomic mass is 35.5. The first-order valence-corrected chi connectivity index (χ1v) is 8.10. The van der Waals surface area contributed by atoms with Crippen molar-refractivity contribution in [3.63, 3.8) is 0 Å². The molecule has 1 atom stereocenters. The summed E-state index contributed by atoms with van der Waals surface area (Å²) in [5.41, 5.74) is 8.01. The summed E-state index contributed by atoms with van der Waals surface area (Å²) >= 11 is 0. The molecule has 0 saturated heterocycles. The van der Waals surface area contributed by atoms with E-state index in [1.807, 2.05) is 45.0 Å². The SMILES string of the molecule is Cc1nccc(-c2cccc(NC(=O)CNC(=O)[C@@H](N)C(C)C)c2)n1.Cl. The van der Waals surface area contributed by atoms with E-state index in [4.69, 9.17) is 5.73 Å². The van der Waals surface area contributed by atoms with Crippen molar-refractivity contribution in [1.82, 2.24) is 15.3 Å². The van der Waals surface area contributed by atoms with Crippen molar-refractivity contribution in [2.75, 3.05) is 11.9 Å². The molecule has 7 nitrogen and oxygen atoms in total. The van der Waals surface area contributed by atoms with Crippen molar-refractivity contribution in [1.29, 1.82) is 0 Å². The lowest BCUT2D eigenvalue weighted by atomic mass is 10.1. The average molecular weight is 378 g/mol. The number of hydrogen-bond acceptors (Lipinski definition) is 5. The molecule has 2 rings (SSSR count). The molecule has 8 heteroatoms. The minimum absolute atomic E-state index is 0. The van der Waals surface area contributed by atoms with Crippen LogP contribution in [0, 0.1) is 12.8 Å². The maximum Gasteiger partial charge on any atom is 0.243 e. The summed E-state index contributed by atoms with van der Waals surface area (Å²) in [5, 5.41) is 5.29. The van der Waals surface area contributed by atoms with Crippen LogP contribution in [0.1, 0.15) is 19.7 Å². The number of nitrogens with two attached hydrogens (primary N) is 1. The normalized spacial score (nSPS) is 11.4. The zero-order valence-electron chi connectivity index (χ0n) is 15.0. The van der Waals surface area contributed by atoms with E-state index in [1.165, 1.54) is 0 Å². The van der Waals surface area contributed by atoms with Crippen LogP contribution in [-0.4, -0.2) is 34.4 Å². The Kier molecular flexibility index (Phi) is 8.15. The Morgan fingerprint density at radius 1 is 1.23 bits per heavy atom. The minimum Gasteiger partial charge on any atom is -0.346 e. The van der Waals surface area contributed by atoms with Crippen LogP contribution < -0.4 is 16.4 Å². The second-order valence-electron chi connectivity index (χ2n) is 6.11. The van der Waals surface area contributed by atoms with Gasteiger partial charge < -0.3 is 16.4 Å². The van der Waals surface area contributed by atoms with Crippen molar-refractivity contribution in [3.8, 4) is 11.3 Å². The van der Waals surface area contributed by atoms with Crippen molar-refractivity contribution in [2.24, 2.45) is 11.7 Å². The van der Waals surface area contributed by atoms with Crippen LogP contribution in [0.25, 0.3) is 11.3 Å². The number of anilines is 1. The summed E-state index contributed by atoms with van der Waals surface area (Å²) < 4.78 is 0. The first kappa shape index (κ1) is 21.5. The van der Waals surface area contributed by atoms with Gasteiger partial charge in [-0.25, -0.2) is 9.97 Å². The molecule has 140 valence electrons. The number of amides is 2. The lowest BCUT2D eigenvalue weighted by Gasteiger charge is -2.15. The Bertz CT molecular complexity index is 767. The van der Waals surface area contributed by atoms with Gasteiger partial charge >= 0.3 is 0 Å². The van der Waals surface area contributed by atoms with Gasteiger partial charge in [0.1, 0.15) is 5.82 Å². The molecule has 0 aliphatic rings. The van der Waals surface area contributed by atoms with Crippen LogP contribution in [0.5, 0.6) is 0 Å². The van der Waals surface area contributed by atoms with Crippen molar-refractivity contribution >= 4 is 29.9 Å². The summed E-state index contributed by atoms with van der Waals surface area (Å²) in [4.78, 5) is 32.2. The summed E-state index contributed by atoms with van der Waals surface area (Å²) in [6.07, 6.45) is 1.69. The largest absolute Gasteiger partial charge is 0.346 e. The Labute approximate surface area is 159 Å². The number of nitrogens with zero attached hydrogens (tertiary/aromatic N) is 2. The van der Waals surface area contributed by atoms with Crippen LogP contribution in [0.3, 0.4) is 0 Å². The third-order valence-corrected chi connectivity index (χ3v) is 3.66. The molecular weight excluding hydrogens is 354 g/mol. The van der Waals surface area contributed by atoms with Crippen LogP contribution in [-0.2, 0) is 9.59 Å². The highest BCUT2D eigenvalue weighted by Gasteiger charge is 2.17. The van der Waals surface area contributed by atoms with E-state index in [-0.39, 0.29) is 36.7 Å². The van der Waals surface area contributed by atoms with Crippen molar-refractivity contribution in [2.45, 2.75) is 26.8 Å². The van der Waals surface area contributed by atoms with E-state index >= 15 is 0 Å². The van der Waals surface area contributed by atoms with Crippen LogP contribution in [0.4, 0.5) is 5.69 Å². The number of hydrogen-bond donors (Lipinski definition) is 3. The summed E-state index contributed by atoms with van der Waals surface area (Å²) in [5.74, 6) is 0.0305. The number of carbonyl (C=O) groups excluding carboxylic acids is 2.